The Morgan fingerprint density at radius 2 is 2.21 bits per heavy atom. The van der Waals surface area contributed by atoms with E-state index in [4.69, 9.17) is 0 Å². The monoisotopic (exact) mass is 208 g/mol. The van der Waals surface area contributed by atoms with E-state index in [9.17, 15) is 18.3 Å². The topological polar surface area (TPSA) is 38.0 Å². The third-order valence-corrected chi connectivity index (χ3v) is 1.80. The molecule has 1 heterocycles. The maximum atomic E-state index is 12.1. The largest absolute Gasteiger partial charge is 0.435 e. The minimum absolute atomic E-state index is 0.0899. The van der Waals surface area contributed by atoms with Crippen molar-refractivity contribution in [1.82, 2.24) is 9.78 Å². The molecule has 3 nitrogen and oxygen atoms in total. The zero-order valence-corrected chi connectivity index (χ0v) is 7.62. The van der Waals surface area contributed by atoms with E-state index in [0.29, 0.717) is 6.42 Å². The van der Waals surface area contributed by atoms with Crippen molar-refractivity contribution in [2.24, 2.45) is 0 Å². The summed E-state index contributed by atoms with van der Waals surface area (Å²) >= 11 is 0. The number of alkyl halides is 3. The highest BCUT2D eigenvalue weighted by atomic mass is 19.4. The van der Waals surface area contributed by atoms with Crippen molar-refractivity contribution in [3.63, 3.8) is 0 Å². The quantitative estimate of drug-likeness (QED) is 0.820. The van der Waals surface area contributed by atoms with Crippen LogP contribution in [0.5, 0.6) is 0 Å². The average Bonchev–Trinajstić information content (AvgIpc) is 2.51. The fraction of sp³-hybridized carbons (Fsp3) is 0.625. The van der Waals surface area contributed by atoms with E-state index in [1.807, 2.05) is 0 Å². The van der Waals surface area contributed by atoms with Gasteiger partial charge < -0.3 is 5.11 Å². The lowest BCUT2D eigenvalue weighted by molar-refractivity contribution is -0.141. The molecular formula is C8H11F3N2O. The summed E-state index contributed by atoms with van der Waals surface area (Å²) in [7, 11) is 0. The Bertz CT molecular complexity index is 295. The molecule has 0 saturated heterocycles. The van der Waals surface area contributed by atoms with Gasteiger partial charge in [0.1, 0.15) is 0 Å². The molecule has 1 atom stereocenters. The van der Waals surface area contributed by atoms with Crippen molar-refractivity contribution < 1.29 is 18.3 Å². The van der Waals surface area contributed by atoms with Crippen LogP contribution in [0.15, 0.2) is 12.3 Å². The van der Waals surface area contributed by atoms with Crippen LogP contribution in [-0.2, 0) is 12.7 Å². The average molecular weight is 208 g/mol. The second kappa shape index (κ2) is 4.00. The van der Waals surface area contributed by atoms with Gasteiger partial charge in [-0.15, -0.1) is 0 Å². The molecule has 14 heavy (non-hydrogen) atoms. The summed E-state index contributed by atoms with van der Waals surface area (Å²) in [4.78, 5) is 0. The molecule has 0 aliphatic carbocycles. The number of hydrogen-bond donors (Lipinski definition) is 1. The van der Waals surface area contributed by atoms with Gasteiger partial charge in [-0.05, 0) is 12.5 Å². The predicted octanol–water partition coefficient (Wildman–Crippen LogP) is 1.67. The minimum atomic E-state index is -4.41. The summed E-state index contributed by atoms with van der Waals surface area (Å²) in [5, 5.41) is 12.5. The fourth-order valence-corrected chi connectivity index (χ4v) is 0.960. The van der Waals surface area contributed by atoms with Crippen molar-refractivity contribution in [3.05, 3.63) is 18.0 Å². The summed E-state index contributed by atoms with van der Waals surface area (Å²) in [5.41, 5.74) is -0.930. The Labute approximate surface area is 79.2 Å². The van der Waals surface area contributed by atoms with Gasteiger partial charge in [0.15, 0.2) is 5.69 Å². The van der Waals surface area contributed by atoms with Crippen LogP contribution in [0.3, 0.4) is 0 Å². The zero-order valence-electron chi connectivity index (χ0n) is 7.62. The number of aliphatic hydroxyl groups excluding tert-OH is 1. The molecule has 0 bridgehead atoms. The molecule has 1 aromatic heterocycles. The first-order valence-corrected chi connectivity index (χ1v) is 4.22. The summed E-state index contributed by atoms with van der Waals surface area (Å²) in [5.74, 6) is 0. The van der Waals surface area contributed by atoms with Gasteiger partial charge in [0.25, 0.3) is 0 Å². The molecule has 0 spiro atoms. The van der Waals surface area contributed by atoms with Crippen LogP contribution in [0.25, 0.3) is 0 Å². The first-order valence-electron chi connectivity index (χ1n) is 4.22. The smallest absolute Gasteiger partial charge is 0.391 e. The van der Waals surface area contributed by atoms with Gasteiger partial charge in [-0.1, -0.05) is 6.92 Å². The van der Waals surface area contributed by atoms with Crippen LogP contribution in [-0.4, -0.2) is 21.0 Å². The van der Waals surface area contributed by atoms with E-state index in [0.717, 1.165) is 10.7 Å². The van der Waals surface area contributed by atoms with Crippen molar-refractivity contribution in [2.45, 2.75) is 32.2 Å². The Morgan fingerprint density at radius 1 is 1.57 bits per heavy atom. The maximum absolute atomic E-state index is 12.1. The Hall–Kier alpha value is -1.04. The summed E-state index contributed by atoms with van der Waals surface area (Å²) in [6.07, 6.45) is -3.37. The van der Waals surface area contributed by atoms with Crippen LogP contribution < -0.4 is 0 Å². The van der Waals surface area contributed by atoms with Gasteiger partial charge in [-0.25, -0.2) is 0 Å². The predicted molar refractivity (Wildman–Crippen MR) is 43.5 cm³/mol. The molecular weight excluding hydrogens is 197 g/mol. The van der Waals surface area contributed by atoms with Gasteiger partial charge in [0, 0.05) is 6.20 Å². The third-order valence-electron chi connectivity index (χ3n) is 1.80. The normalized spacial score (nSPS) is 14.4. The number of nitrogens with zero attached hydrogens (tertiary/aromatic N) is 2. The molecule has 0 amide bonds. The second-order valence-corrected chi connectivity index (χ2v) is 2.98. The van der Waals surface area contributed by atoms with Crippen molar-refractivity contribution in [1.29, 1.82) is 0 Å². The number of halogens is 3. The van der Waals surface area contributed by atoms with Crippen LogP contribution in [0.2, 0.25) is 0 Å². The molecule has 1 rings (SSSR count). The Kier molecular flexibility index (Phi) is 3.15. The molecule has 1 aromatic rings. The van der Waals surface area contributed by atoms with E-state index < -0.39 is 18.0 Å². The SMILES string of the molecule is CCC(O)Cn1ccc(C(F)(F)F)n1. The van der Waals surface area contributed by atoms with E-state index >= 15 is 0 Å². The van der Waals surface area contributed by atoms with Crippen LogP contribution >= 0.6 is 0 Å². The van der Waals surface area contributed by atoms with Crippen molar-refractivity contribution in [3.8, 4) is 0 Å². The summed E-state index contributed by atoms with van der Waals surface area (Å²) in [6.45, 7) is 1.84. The number of aliphatic hydroxyl groups is 1. The third kappa shape index (κ3) is 2.73. The molecule has 0 aromatic carbocycles. The van der Waals surface area contributed by atoms with Crippen LogP contribution in [0.4, 0.5) is 13.2 Å². The molecule has 0 saturated carbocycles. The van der Waals surface area contributed by atoms with Gasteiger partial charge in [0.05, 0.1) is 12.6 Å². The molecule has 0 radical (unpaired) electrons. The van der Waals surface area contributed by atoms with Gasteiger partial charge in [-0.2, -0.15) is 18.3 Å². The van der Waals surface area contributed by atoms with Gasteiger partial charge >= 0.3 is 6.18 Å². The van der Waals surface area contributed by atoms with Crippen molar-refractivity contribution >= 4 is 0 Å². The molecule has 0 aliphatic rings. The number of aromatic nitrogens is 2. The van der Waals surface area contributed by atoms with E-state index in [-0.39, 0.29) is 6.54 Å². The Balaban J connectivity index is 2.69. The van der Waals surface area contributed by atoms with Crippen LogP contribution in [0, 0.1) is 0 Å². The molecule has 0 fully saturated rings. The summed E-state index contributed by atoms with van der Waals surface area (Å²) in [6, 6.07) is 0.891. The highest BCUT2D eigenvalue weighted by Gasteiger charge is 2.33. The molecule has 1 N–H and O–H groups in total. The minimum Gasteiger partial charge on any atom is -0.391 e. The molecule has 80 valence electrons. The lowest BCUT2D eigenvalue weighted by Gasteiger charge is -2.07. The lowest BCUT2D eigenvalue weighted by Crippen LogP contribution is -2.16. The summed E-state index contributed by atoms with van der Waals surface area (Å²) < 4.78 is 37.3. The molecule has 1 unspecified atom stereocenters. The number of rotatable bonds is 3. The van der Waals surface area contributed by atoms with E-state index in [1.54, 1.807) is 6.92 Å². The zero-order chi connectivity index (χ0) is 10.8. The highest BCUT2D eigenvalue weighted by Crippen LogP contribution is 2.27. The first-order chi connectivity index (χ1) is 6.43. The molecule has 0 aliphatic heterocycles. The van der Waals surface area contributed by atoms with Gasteiger partial charge in [-0.3, -0.25) is 4.68 Å². The van der Waals surface area contributed by atoms with Crippen LogP contribution in [0.1, 0.15) is 19.0 Å². The first kappa shape index (κ1) is 11.0. The van der Waals surface area contributed by atoms with E-state index in [1.165, 1.54) is 6.20 Å². The second-order valence-electron chi connectivity index (χ2n) is 2.98. The fourth-order valence-electron chi connectivity index (χ4n) is 0.960. The Morgan fingerprint density at radius 3 is 2.64 bits per heavy atom. The standard InChI is InChI=1S/C8H11F3N2O/c1-2-6(14)5-13-4-3-7(12-13)8(9,10)11/h3-4,6,14H,2,5H2,1H3. The maximum Gasteiger partial charge on any atom is 0.435 e. The number of hydrogen-bond acceptors (Lipinski definition) is 2. The highest BCUT2D eigenvalue weighted by molar-refractivity contribution is 5.03. The van der Waals surface area contributed by atoms with Crippen molar-refractivity contribution in [2.75, 3.05) is 0 Å². The van der Waals surface area contributed by atoms with E-state index in [2.05, 4.69) is 5.10 Å². The lowest BCUT2D eigenvalue weighted by atomic mass is 10.3. The van der Waals surface area contributed by atoms with Gasteiger partial charge in [0.2, 0.25) is 0 Å². The molecule has 6 heteroatoms.